The number of carbonyl (C=O) groups excluding carboxylic acids is 1. The van der Waals surface area contributed by atoms with Crippen molar-refractivity contribution in [3.05, 3.63) is 46.4 Å². The number of rotatable bonds is 5. The molecule has 2 aromatic carbocycles. The highest BCUT2D eigenvalue weighted by atomic mass is 35.5. The Morgan fingerprint density at radius 3 is 2.37 bits per heavy atom. The summed E-state index contributed by atoms with van der Waals surface area (Å²) in [6, 6.07) is 7.89. The number of anilines is 2. The van der Waals surface area contributed by atoms with Crippen LogP contribution in [0.2, 0.25) is 10.0 Å². The van der Waals surface area contributed by atoms with Crippen LogP contribution in [-0.4, -0.2) is 35.6 Å². The van der Waals surface area contributed by atoms with Gasteiger partial charge in [-0.2, -0.15) is 0 Å². The number of amides is 1. The lowest BCUT2D eigenvalue weighted by Gasteiger charge is -2.19. The molecular formula is C18H18Cl2N2O6S2. The van der Waals surface area contributed by atoms with Crippen LogP contribution < -0.4 is 13.8 Å². The van der Waals surface area contributed by atoms with Gasteiger partial charge in [-0.05, 0) is 50.2 Å². The summed E-state index contributed by atoms with van der Waals surface area (Å²) in [4.78, 5) is 12.3. The van der Waals surface area contributed by atoms with Crippen LogP contribution in [0.25, 0.3) is 0 Å². The number of ether oxygens (including phenoxy) is 1. The lowest BCUT2D eigenvalue weighted by atomic mass is 9.95. The molecule has 1 heterocycles. The van der Waals surface area contributed by atoms with Gasteiger partial charge in [0.15, 0.2) is 0 Å². The molecule has 0 unspecified atom stereocenters. The largest absolute Gasteiger partial charge is 0.495 e. The molecule has 0 bridgehead atoms. The van der Waals surface area contributed by atoms with E-state index in [-0.39, 0.29) is 37.8 Å². The predicted octanol–water partition coefficient (Wildman–Crippen LogP) is 3.51. The van der Waals surface area contributed by atoms with Gasteiger partial charge in [-0.25, -0.2) is 21.1 Å². The van der Waals surface area contributed by atoms with Gasteiger partial charge in [0.25, 0.3) is 10.0 Å². The summed E-state index contributed by atoms with van der Waals surface area (Å²) >= 11 is 11.9. The average Bonchev–Trinajstić information content (AvgIpc) is 2.80. The van der Waals surface area contributed by atoms with E-state index < -0.39 is 31.4 Å². The van der Waals surface area contributed by atoms with Crippen molar-refractivity contribution in [2.75, 3.05) is 21.9 Å². The molecule has 1 N–H and O–H groups in total. The zero-order valence-corrected chi connectivity index (χ0v) is 19.3. The van der Waals surface area contributed by atoms with E-state index >= 15 is 0 Å². The molecule has 1 fully saturated rings. The topological polar surface area (TPSA) is 110 Å². The fourth-order valence-corrected chi connectivity index (χ4v) is 6.79. The van der Waals surface area contributed by atoms with Crippen LogP contribution in [0.3, 0.4) is 0 Å². The molecule has 1 aliphatic heterocycles. The van der Waals surface area contributed by atoms with E-state index in [1.165, 1.54) is 51.3 Å². The summed E-state index contributed by atoms with van der Waals surface area (Å²) in [6.07, 6.45) is 0. The van der Waals surface area contributed by atoms with Crippen molar-refractivity contribution in [2.45, 2.75) is 18.7 Å². The number of benzene rings is 2. The molecule has 0 aliphatic carbocycles. The number of halogens is 2. The SMILES string of the molecule is COc1ccc(N2C(=O)C(C)(C)CS2(=O)=O)cc1S(=O)(=O)Nc1cc(Cl)ccc1Cl. The summed E-state index contributed by atoms with van der Waals surface area (Å²) in [7, 11) is -6.98. The number of sulfonamides is 2. The van der Waals surface area contributed by atoms with Gasteiger partial charge in [0, 0.05) is 5.02 Å². The van der Waals surface area contributed by atoms with Crippen molar-refractivity contribution in [2.24, 2.45) is 5.41 Å². The van der Waals surface area contributed by atoms with Crippen LogP contribution in [0, 0.1) is 5.41 Å². The summed E-state index contributed by atoms with van der Waals surface area (Å²) in [5.74, 6) is -1.09. The third-order valence-corrected chi connectivity index (χ3v) is 8.40. The molecule has 1 amide bonds. The van der Waals surface area contributed by atoms with E-state index in [0.29, 0.717) is 4.31 Å². The zero-order valence-electron chi connectivity index (χ0n) is 16.1. The maximum atomic E-state index is 13.0. The summed E-state index contributed by atoms with van der Waals surface area (Å²) in [6.45, 7) is 3.02. The molecule has 12 heteroatoms. The first-order chi connectivity index (χ1) is 13.8. The molecule has 0 radical (unpaired) electrons. The Morgan fingerprint density at radius 2 is 1.80 bits per heavy atom. The summed E-state index contributed by atoms with van der Waals surface area (Å²) in [5, 5.41) is 0.367. The van der Waals surface area contributed by atoms with E-state index in [9.17, 15) is 21.6 Å². The third-order valence-electron chi connectivity index (χ3n) is 4.43. The standard InChI is InChI=1S/C18H18Cl2N2O6S2/c1-18(2)10-29(24,25)22(17(18)23)12-5-7-15(28-3)16(9-12)30(26,27)21-14-8-11(19)4-6-13(14)20/h4-9,21H,10H2,1-3H3. The lowest BCUT2D eigenvalue weighted by Crippen LogP contribution is -2.33. The highest BCUT2D eigenvalue weighted by molar-refractivity contribution is 7.94. The van der Waals surface area contributed by atoms with Crippen LogP contribution in [0.1, 0.15) is 13.8 Å². The van der Waals surface area contributed by atoms with Gasteiger partial charge >= 0.3 is 0 Å². The van der Waals surface area contributed by atoms with Crippen molar-refractivity contribution in [1.29, 1.82) is 0 Å². The van der Waals surface area contributed by atoms with E-state index in [0.717, 1.165) is 6.07 Å². The molecule has 162 valence electrons. The molecule has 0 saturated carbocycles. The molecule has 1 aliphatic rings. The fourth-order valence-electron chi connectivity index (χ4n) is 3.04. The van der Waals surface area contributed by atoms with Gasteiger partial charge in [-0.15, -0.1) is 0 Å². The van der Waals surface area contributed by atoms with E-state index in [4.69, 9.17) is 27.9 Å². The second kappa shape index (κ2) is 7.60. The van der Waals surface area contributed by atoms with Crippen LogP contribution in [0.5, 0.6) is 5.75 Å². The van der Waals surface area contributed by atoms with Gasteiger partial charge in [-0.3, -0.25) is 9.52 Å². The molecular weight excluding hydrogens is 475 g/mol. The number of hydrogen-bond donors (Lipinski definition) is 1. The predicted molar refractivity (Wildman–Crippen MR) is 115 cm³/mol. The Bertz CT molecular complexity index is 1240. The number of nitrogens with one attached hydrogen (secondary N) is 1. The minimum atomic E-state index is -4.28. The van der Waals surface area contributed by atoms with Gasteiger partial charge in [0.1, 0.15) is 10.6 Å². The molecule has 1 saturated heterocycles. The maximum absolute atomic E-state index is 13.0. The second-order valence-corrected chi connectivity index (χ2v) is 11.6. The van der Waals surface area contributed by atoms with Crippen molar-refractivity contribution >= 4 is 60.5 Å². The average molecular weight is 493 g/mol. The van der Waals surface area contributed by atoms with Crippen LogP contribution in [-0.2, 0) is 24.8 Å². The van der Waals surface area contributed by atoms with Gasteiger partial charge in [0.05, 0.1) is 34.7 Å². The Kier molecular flexibility index (Phi) is 5.74. The smallest absolute Gasteiger partial charge is 0.265 e. The second-order valence-electron chi connectivity index (χ2n) is 7.27. The highest BCUT2D eigenvalue weighted by Crippen LogP contribution is 2.39. The van der Waals surface area contributed by atoms with Gasteiger partial charge in [-0.1, -0.05) is 23.2 Å². The summed E-state index contributed by atoms with van der Waals surface area (Å²) < 4.78 is 59.2. The van der Waals surface area contributed by atoms with Crippen molar-refractivity contribution in [3.8, 4) is 5.75 Å². The molecule has 2 aromatic rings. The van der Waals surface area contributed by atoms with Crippen LogP contribution in [0.15, 0.2) is 41.3 Å². The van der Waals surface area contributed by atoms with Crippen molar-refractivity contribution in [3.63, 3.8) is 0 Å². The minimum Gasteiger partial charge on any atom is -0.495 e. The first-order valence-corrected chi connectivity index (χ1v) is 12.4. The molecule has 0 aromatic heterocycles. The summed E-state index contributed by atoms with van der Waals surface area (Å²) in [5.41, 5.74) is -1.21. The fraction of sp³-hybridized carbons (Fsp3) is 0.278. The third kappa shape index (κ3) is 4.09. The van der Waals surface area contributed by atoms with Gasteiger partial charge < -0.3 is 4.74 Å². The van der Waals surface area contributed by atoms with Crippen molar-refractivity contribution < 1.29 is 26.4 Å². The maximum Gasteiger partial charge on any atom is 0.265 e. The molecule has 0 atom stereocenters. The van der Waals surface area contributed by atoms with Gasteiger partial charge in [0.2, 0.25) is 15.9 Å². The van der Waals surface area contributed by atoms with Crippen LogP contribution >= 0.6 is 23.2 Å². The number of hydrogen-bond acceptors (Lipinski definition) is 6. The quantitative estimate of drug-likeness (QED) is 0.683. The lowest BCUT2D eigenvalue weighted by molar-refractivity contribution is -0.123. The number of carbonyl (C=O) groups is 1. The molecule has 8 nitrogen and oxygen atoms in total. The first-order valence-electron chi connectivity index (χ1n) is 8.52. The molecule has 0 spiro atoms. The molecule has 3 rings (SSSR count). The highest BCUT2D eigenvalue weighted by Gasteiger charge is 2.50. The minimum absolute atomic E-state index is 0.0302. The normalized spacial score (nSPS) is 17.8. The Hall–Kier alpha value is -2.01. The number of methoxy groups -OCH3 is 1. The Morgan fingerprint density at radius 1 is 1.13 bits per heavy atom. The van der Waals surface area contributed by atoms with Crippen molar-refractivity contribution in [1.82, 2.24) is 0 Å². The molecule has 30 heavy (non-hydrogen) atoms. The van der Waals surface area contributed by atoms with E-state index in [1.54, 1.807) is 0 Å². The Balaban J connectivity index is 2.12. The Labute approximate surface area is 184 Å². The first kappa shape index (κ1) is 22.7. The zero-order chi connectivity index (χ0) is 22.5. The van der Waals surface area contributed by atoms with E-state index in [2.05, 4.69) is 4.72 Å². The monoisotopic (exact) mass is 492 g/mol. The van der Waals surface area contributed by atoms with Crippen LogP contribution in [0.4, 0.5) is 11.4 Å². The van der Waals surface area contributed by atoms with E-state index in [1.807, 2.05) is 0 Å². The number of nitrogens with zero attached hydrogens (tertiary/aromatic N) is 1.